The highest BCUT2D eigenvalue weighted by Gasteiger charge is 2.10. The van der Waals surface area contributed by atoms with Gasteiger partial charge in [0.15, 0.2) is 0 Å². The summed E-state index contributed by atoms with van der Waals surface area (Å²) in [5, 5.41) is 4.86. The number of benzene rings is 2. The molecule has 4 heteroatoms. The van der Waals surface area contributed by atoms with E-state index in [0.29, 0.717) is 13.0 Å². The molecule has 1 N–H and O–H groups in total. The first-order valence-electron chi connectivity index (χ1n) is 7.67. The van der Waals surface area contributed by atoms with Crippen molar-refractivity contribution in [2.75, 3.05) is 6.54 Å². The maximum atomic E-state index is 12.2. The fourth-order valence-electron chi connectivity index (χ4n) is 2.80. The van der Waals surface area contributed by atoms with Crippen molar-refractivity contribution in [3.8, 4) is 0 Å². The van der Waals surface area contributed by atoms with E-state index in [1.807, 2.05) is 49.6 Å². The van der Waals surface area contributed by atoms with E-state index in [9.17, 15) is 4.79 Å². The van der Waals surface area contributed by atoms with Gasteiger partial charge in [0.1, 0.15) is 0 Å². The zero-order valence-electron chi connectivity index (χ0n) is 13.1. The van der Waals surface area contributed by atoms with Gasteiger partial charge in [0.2, 0.25) is 5.91 Å². The SMILES string of the molecule is Cn1cc(CC(=O)NCCc2ccc(Cl)cc2)c2ccccc21. The second kappa shape index (κ2) is 6.88. The molecule has 0 saturated carbocycles. The van der Waals surface area contributed by atoms with Crippen LogP contribution in [-0.2, 0) is 24.7 Å². The predicted octanol–water partition coefficient (Wildman–Crippen LogP) is 3.73. The van der Waals surface area contributed by atoms with Gasteiger partial charge in [0.25, 0.3) is 0 Å². The number of carbonyl (C=O) groups is 1. The molecule has 0 aliphatic rings. The number of rotatable bonds is 5. The number of aryl methyl sites for hydroxylation is 1. The van der Waals surface area contributed by atoms with Crippen molar-refractivity contribution in [3.05, 3.63) is 70.9 Å². The highest BCUT2D eigenvalue weighted by Crippen LogP contribution is 2.20. The van der Waals surface area contributed by atoms with E-state index in [4.69, 9.17) is 11.6 Å². The Hall–Kier alpha value is -2.26. The molecule has 0 saturated heterocycles. The first-order valence-corrected chi connectivity index (χ1v) is 8.05. The van der Waals surface area contributed by atoms with Gasteiger partial charge in [-0.2, -0.15) is 0 Å². The highest BCUT2D eigenvalue weighted by molar-refractivity contribution is 6.30. The number of nitrogens with zero attached hydrogens (tertiary/aromatic N) is 1. The lowest BCUT2D eigenvalue weighted by atomic mass is 10.1. The zero-order valence-corrected chi connectivity index (χ0v) is 13.8. The Morgan fingerprint density at radius 2 is 1.87 bits per heavy atom. The number of carbonyl (C=O) groups excluding carboxylic acids is 1. The lowest BCUT2D eigenvalue weighted by molar-refractivity contribution is -0.120. The molecule has 0 aliphatic heterocycles. The van der Waals surface area contributed by atoms with E-state index in [-0.39, 0.29) is 5.91 Å². The van der Waals surface area contributed by atoms with Crippen molar-refractivity contribution in [2.45, 2.75) is 12.8 Å². The maximum Gasteiger partial charge on any atom is 0.224 e. The number of hydrogen-bond donors (Lipinski definition) is 1. The number of hydrogen-bond acceptors (Lipinski definition) is 1. The fourth-order valence-corrected chi connectivity index (χ4v) is 2.93. The number of nitrogens with one attached hydrogen (secondary N) is 1. The molecule has 1 aromatic heterocycles. The zero-order chi connectivity index (χ0) is 16.2. The Morgan fingerprint density at radius 3 is 2.65 bits per heavy atom. The fraction of sp³-hybridized carbons (Fsp3) is 0.211. The molecule has 3 rings (SSSR count). The summed E-state index contributed by atoms with van der Waals surface area (Å²) in [5.74, 6) is 0.0512. The van der Waals surface area contributed by atoms with Crippen LogP contribution in [0.15, 0.2) is 54.7 Å². The molecule has 0 radical (unpaired) electrons. The normalized spacial score (nSPS) is 10.9. The Balaban J connectivity index is 1.57. The number of fused-ring (bicyclic) bond motifs is 1. The van der Waals surface area contributed by atoms with E-state index >= 15 is 0 Å². The number of halogens is 1. The molecular formula is C19H19ClN2O. The monoisotopic (exact) mass is 326 g/mol. The quantitative estimate of drug-likeness (QED) is 0.761. The van der Waals surface area contributed by atoms with Crippen LogP contribution in [0.4, 0.5) is 0 Å². The summed E-state index contributed by atoms with van der Waals surface area (Å²) >= 11 is 5.86. The highest BCUT2D eigenvalue weighted by atomic mass is 35.5. The average molecular weight is 327 g/mol. The van der Waals surface area contributed by atoms with Crippen LogP contribution in [-0.4, -0.2) is 17.0 Å². The second-order valence-electron chi connectivity index (χ2n) is 5.69. The standard InChI is InChI=1S/C19H19ClN2O/c1-22-13-15(17-4-2-3-5-18(17)22)12-19(23)21-11-10-14-6-8-16(20)9-7-14/h2-9,13H,10-12H2,1H3,(H,21,23). The van der Waals surface area contributed by atoms with E-state index in [0.717, 1.165) is 27.9 Å². The minimum atomic E-state index is 0.0512. The van der Waals surface area contributed by atoms with Crippen molar-refractivity contribution in [3.63, 3.8) is 0 Å². The van der Waals surface area contributed by atoms with Gasteiger partial charge in [-0.1, -0.05) is 41.9 Å². The molecule has 23 heavy (non-hydrogen) atoms. The minimum Gasteiger partial charge on any atom is -0.355 e. The van der Waals surface area contributed by atoms with Crippen LogP contribution in [0.5, 0.6) is 0 Å². The largest absolute Gasteiger partial charge is 0.355 e. The van der Waals surface area contributed by atoms with Gasteiger partial charge in [-0.25, -0.2) is 0 Å². The van der Waals surface area contributed by atoms with Crippen LogP contribution in [0.2, 0.25) is 5.02 Å². The second-order valence-corrected chi connectivity index (χ2v) is 6.12. The molecule has 3 nitrogen and oxygen atoms in total. The molecule has 118 valence electrons. The van der Waals surface area contributed by atoms with Gasteiger partial charge >= 0.3 is 0 Å². The molecule has 0 fully saturated rings. The maximum absolute atomic E-state index is 12.2. The van der Waals surface area contributed by atoms with E-state index < -0.39 is 0 Å². The molecule has 1 amide bonds. The smallest absolute Gasteiger partial charge is 0.224 e. The van der Waals surface area contributed by atoms with Crippen molar-refractivity contribution in [1.29, 1.82) is 0 Å². The molecule has 0 bridgehead atoms. The topological polar surface area (TPSA) is 34.0 Å². The Kier molecular flexibility index (Phi) is 4.68. The van der Waals surface area contributed by atoms with Gasteiger partial charge in [-0.05, 0) is 35.7 Å². The number of para-hydroxylation sites is 1. The van der Waals surface area contributed by atoms with Crippen LogP contribution in [0.25, 0.3) is 10.9 Å². The molecule has 1 heterocycles. The van der Waals surface area contributed by atoms with Crippen molar-refractivity contribution in [1.82, 2.24) is 9.88 Å². The van der Waals surface area contributed by atoms with Crippen LogP contribution in [0.3, 0.4) is 0 Å². The molecule has 0 unspecified atom stereocenters. The van der Waals surface area contributed by atoms with Crippen LogP contribution >= 0.6 is 11.6 Å². The first kappa shape index (κ1) is 15.6. The first-order chi connectivity index (χ1) is 11.1. The van der Waals surface area contributed by atoms with E-state index in [1.165, 1.54) is 5.56 Å². The molecule has 0 atom stereocenters. The lowest BCUT2D eigenvalue weighted by Gasteiger charge is -2.05. The molecule has 2 aromatic carbocycles. The van der Waals surface area contributed by atoms with E-state index in [1.54, 1.807) is 0 Å². The third-order valence-electron chi connectivity index (χ3n) is 3.98. The Bertz CT molecular complexity index is 821. The third kappa shape index (κ3) is 3.74. The summed E-state index contributed by atoms with van der Waals surface area (Å²) in [6.07, 6.45) is 3.24. The summed E-state index contributed by atoms with van der Waals surface area (Å²) in [5.41, 5.74) is 3.38. The Labute approximate surface area is 140 Å². The summed E-state index contributed by atoms with van der Waals surface area (Å²) in [4.78, 5) is 12.2. The van der Waals surface area contributed by atoms with Gasteiger partial charge in [0.05, 0.1) is 6.42 Å². The summed E-state index contributed by atoms with van der Waals surface area (Å²) < 4.78 is 2.06. The van der Waals surface area contributed by atoms with Crippen molar-refractivity contribution >= 4 is 28.4 Å². The van der Waals surface area contributed by atoms with Gasteiger partial charge in [-0.15, -0.1) is 0 Å². The van der Waals surface area contributed by atoms with Gasteiger partial charge < -0.3 is 9.88 Å². The third-order valence-corrected chi connectivity index (χ3v) is 4.23. The molecule has 0 aliphatic carbocycles. The molecular weight excluding hydrogens is 308 g/mol. The Morgan fingerprint density at radius 1 is 1.13 bits per heavy atom. The lowest BCUT2D eigenvalue weighted by Crippen LogP contribution is -2.27. The van der Waals surface area contributed by atoms with Crippen LogP contribution in [0.1, 0.15) is 11.1 Å². The van der Waals surface area contributed by atoms with Crippen LogP contribution < -0.4 is 5.32 Å². The predicted molar refractivity (Wildman–Crippen MR) is 94.8 cm³/mol. The average Bonchev–Trinajstić information content (AvgIpc) is 2.86. The van der Waals surface area contributed by atoms with Crippen molar-refractivity contribution in [2.24, 2.45) is 7.05 Å². The number of aromatic nitrogens is 1. The summed E-state index contributed by atoms with van der Waals surface area (Å²) in [6, 6.07) is 15.9. The van der Waals surface area contributed by atoms with Crippen LogP contribution in [0, 0.1) is 0 Å². The van der Waals surface area contributed by atoms with Gasteiger partial charge in [-0.3, -0.25) is 4.79 Å². The van der Waals surface area contributed by atoms with Crippen molar-refractivity contribution < 1.29 is 4.79 Å². The van der Waals surface area contributed by atoms with Gasteiger partial charge in [0, 0.05) is 35.7 Å². The van der Waals surface area contributed by atoms with E-state index in [2.05, 4.69) is 22.0 Å². The number of amides is 1. The molecule has 3 aromatic rings. The summed E-state index contributed by atoms with van der Waals surface area (Å²) in [7, 11) is 2.00. The minimum absolute atomic E-state index is 0.0512. The summed E-state index contributed by atoms with van der Waals surface area (Å²) in [6.45, 7) is 0.630. The molecule has 0 spiro atoms.